The summed E-state index contributed by atoms with van der Waals surface area (Å²) in [5.74, 6) is 0.0358. The zero-order valence-electron chi connectivity index (χ0n) is 12.5. The quantitative estimate of drug-likeness (QED) is 0.449. The SMILES string of the molecule is CC(=O)c1ccc(OC(=O)C(C)Oc2ccc(Cl)cc2Cl)cc1. The molecule has 0 radical (unpaired) electrons. The largest absolute Gasteiger partial charge is 0.477 e. The fourth-order valence-electron chi connectivity index (χ4n) is 1.77. The van der Waals surface area contributed by atoms with Crippen molar-refractivity contribution in [3.63, 3.8) is 0 Å². The van der Waals surface area contributed by atoms with E-state index in [-0.39, 0.29) is 5.78 Å². The van der Waals surface area contributed by atoms with Crippen LogP contribution < -0.4 is 9.47 Å². The average molecular weight is 353 g/mol. The smallest absolute Gasteiger partial charge is 0.352 e. The van der Waals surface area contributed by atoms with Crippen LogP contribution in [0.1, 0.15) is 24.2 Å². The molecule has 0 N–H and O–H groups in total. The van der Waals surface area contributed by atoms with E-state index < -0.39 is 12.1 Å². The lowest BCUT2D eigenvalue weighted by atomic mass is 10.1. The molecule has 0 fully saturated rings. The standard InChI is InChI=1S/C17H14Cl2O4/c1-10(20)12-3-6-14(7-4-12)23-17(21)11(2)22-16-8-5-13(18)9-15(16)19/h3-9,11H,1-2H3. The fraction of sp³-hybridized carbons (Fsp3) is 0.176. The average Bonchev–Trinajstić information content (AvgIpc) is 2.50. The zero-order chi connectivity index (χ0) is 17.0. The van der Waals surface area contributed by atoms with Crippen LogP contribution in [0.15, 0.2) is 42.5 Å². The second-order valence-electron chi connectivity index (χ2n) is 4.84. The van der Waals surface area contributed by atoms with Gasteiger partial charge in [-0.3, -0.25) is 4.79 Å². The van der Waals surface area contributed by atoms with E-state index in [0.717, 1.165) is 0 Å². The summed E-state index contributed by atoms with van der Waals surface area (Å²) in [6.07, 6.45) is -0.860. The first kappa shape index (κ1) is 17.3. The van der Waals surface area contributed by atoms with Gasteiger partial charge in [0.05, 0.1) is 5.02 Å². The van der Waals surface area contributed by atoms with E-state index >= 15 is 0 Å². The molecule has 120 valence electrons. The Morgan fingerprint density at radius 2 is 1.70 bits per heavy atom. The second-order valence-corrected chi connectivity index (χ2v) is 5.68. The van der Waals surface area contributed by atoms with Crippen molar-refractivity contribution in [1.82, 2.24) is 0 Å². The van der Waals surface area contributed by atoms with Crippen LogP contribution in [-0.2, 0) is 4.79 Å². The number of hydrogen-bond donors (Lipinski definition) is 0. The first-order valence-corrected chi connectivity index (χ1v) is 7.57. The van der Waals surface area contributed by atoms with Gasteiger partial charge in [-0.15, -0.1) is 0 Å². The van der Waals surface area contributed by atoms with Gasteiger partial charge in [-0.2, -0.15) is 0 Å². The summed E-state index contributed by atoms with van der Waals surface area (Å²) in [4.78, 5) is 23.2. The van der Waals surface area contributed by atoms with E-state index in [4.69, 9.17) is 32.7 Å². The molecule has 0 spiro atoms. The second kappa shape index (κ2) is 7.49. The minimum absolute atomic E-state index is 0.0584. The van der Waals surface area contributed by atoms with E-state index in [2.05, 4.69) is 0 Å². The van der Waals surface area contributed by atoms with Gasteiger partial charge in [-0.1, -0.05) is 23.2 Å². The lowest BCUT2D eigenvalue weighted by molar-refractivity contribution is -0.141. The first-order valence-electron chi connectivity index (χ1n) is 6.81. The predicted octanol–water partition coefficient (Wildman–Crippen LogP) is 4.57. The van der Waals surface area contributed by atoms with Crippen molar-refractivity contribution in [3.05, 3.63) is 58.1 Å². The number of rotatable bonds is 5. The highest BCUT2D eigenvalue weighted by molar-refractivity contribution is 6.35. The van der Waals surface area contributed by atoms with Gasteiger partial charge >= 0.3 is 5.97 Å². The molecule has 1 atom stereocenters. The van der Waals surface area contributed by atoms with Gasteiger partial charge in [0.15, 0.2) is 11.9 Å². The summed E-state index contributed by atoms with van der Waals surface area (Å²) in [6.45, 7) is 3.02. The van der Waals surface area contributed by atoms with Crippen LogP contribution in [0.5, 0.6) is 11.5 Å². The maximum Gasteiger partial charge on any atom is 0.352 e. The minimum Gasteiger partial charge on any atom is -0.477 e. The Balaban J connectivity index is 2.00. The van der Waals surface area contributed by atoms with Crippen LogP contribution in [0.2, 0.25) is 10.0 Å². The molecular formula is C17H14Cl2O4. The normalized spacial score (nSPS) is 11.7. The highest BCUT2D eigenvalue weighted by atomic mass is 35.5. The number of carbonyl (C=O) groups excluding carboxylic acids is 2. The highest BCUT2D eigenvalue weighted by Crippen LogP contribution is 2.28. The van der Waals surface area contributed by atoms with Crippen LogP contribution in [0, 0.1) is 0 Å². The topological polar surface area (TPSA) is 52.6 Å². The van der Waals surface area contributed by atoms with Crippen molar-refractivity contribution in [2.24, 2.45) is 0 Å². The molecule has 1 unspecified atom stereocenters. The van der Waals surface area contributed by atoms with Gasteiger partial charge in [0.25, 0.3) is 0 Å². The van der Waals surface area contributed by atoms with Gasteiger partial charge in [0, 0.05) is 10.6 Å². The molecule has 23 heavy (non-hydrogen) atoms. The highest BCUT2D eigenvalue weighted by Gasteiger charge is 2.18. The Morgan fingerprint density at radius 1 is 1.04 bits per heavy atom. The maximum absolute atomic E-state index is 12.0. The van der Waals surface area contributed by atoms with Crippen molar-refractivity contribution in [3.8, 4) is 11.5 Å². The van der Waals surface area contributed by atoms with E-state index in [1.807, 2.05) is 0 Å². The Hall–Kier alpha value is -2.04. The van der Waals surface area contributed by atoms with Gasteiger partial charge in [0.1, 0.15) is 11.5 Å². The monoisotopic (exact) mass is 352 g/mol. The molecule has 0 saturated heterocycles. The Morgan fingerprint density at radius 3 is 2.26 bits per heavy atom. The first-order chi connectivity index (χ1) is 10.9. The van der Waals surface area contributed by atoms with E-state index in [1.165, 1.54) is 13.0 Å². The summed E-state index contributed by atoms with van der Waals surface area (Å²) in [5, 5.41) is 0.783. The molecule has 2 aromatic rings. The van der Waals surface area contributed by atoms with E-state index in [9.17, 15) is 9.59 Å². The third-order valence-corrected chi connectivity index (χ3v) is 3.54. The molecule has 4 nitrogen and oxygen atoms in total. The van der Waals surface area contributed by atoms with Crippen LogP contribution in [0.4, 0.5) is 0 Å². The molecule has 0 aliphatic heterocycles. The number of carbonyl (C=O) groups is 2. The Labute approximate surface area is 143 Å². The fourth-order valence-corrected chi connectivity index (χ4v) is 2.22. The van der Waals surface area contributed by atoms with E-state index in [1.54, 1.807) is 43.3 Å². The van der Waals surface area contributed by atoms with Crippen molar-refractivity contribution in [1.29, 1.82) is 0 Å². The summed E-state index contributed by atoms with van der Waals surface area (Å²) >= 11 is 11.8. The minimum atomic E-state index is -0.860. The van der Waals surface area contributed by atoms with Crippen molar-refractivity contribution in [2.45, 2.75) is 20.0 Å². The van der Waals surface area contributed by atoms with Gasteiger partial charge in [-0.05, 0) is 56.3 Å². The molecule has 0 heterocycles. The summed E-state index contributed by atoms with van der Waals surface area (Å²) in [6, 6.07) is 11.0. The third-order valence-electron chi connectivity index (χ3n) is 3.01. The molecule has 2 aromatic carbocycles. The zero-order valence-corrected chi connectivity index (χ0v) is 14.0. The number of ketones is 1. The number of benzene rings is 2. The molecule has 0 aromatic heterocycles. The Bertz CT molecular complexity index is 726. The van der Waals surface area contributed by atoms with Crippen LogP contribution >= 0.6 is 23.2 Å². The summed E-state index contributed by atoms with van der Waals surface area (Å²) in [5.41, 5.74) is 0.544. The molecular weight excluding hydrogens is 339 g/mol. The number of halogens is 2. The lowest BCUT2D eigenvalue weighted by Gasteiger charge is -2.15. The molecule has 0 bridgehead atoms. The maximum atomic E-state index is 12.0. The lowest BCUT2D eigenvalue weighted by Crippen LogP contribution is -2.28. The van der Waals surface area contributed by atoms with Crippen LogP contribution in [0.3, 0.4) is 0 Å². The van der Waals surface area contributed by atoms with Crippen LogP contribution in [-0.4, -0.2) is 17.9 Å². The van der Waals surface area contributed by atoms with Crippen molar-refractivity contribution < 1.29 is 19.1 Å². The van der Waals surface area contributed by atoms with Crippen molar-refractivity contribution in [2.75, 3.05) is 0 Å². The summed E-state index contributed by atoms with van der Waals surface area (Å²) < 4.78 is 10.7. The molecule has 2 rings (SSSR count). The predicted molar refractivity (Wildman–Crippen MR) is 88.6 cm³/mol. The van der Waals surface area contributed by atoms with Gasteiger partial charge in [-0.25, -0.2) is 4.79 Å². The van der Waals surface area contributed by atoms with Crippen LogP contribution in [0.25, 0.3) is 0 Å². The molecule has 0 saturated carbocycles. The molecule has 0 aliphatic rings. The number of Topliss-reactive ketones (excluding diaryl/α,β-unsaturated/α-hetero) is 1. The van der Waals surface area contributed by atoms with E-state index in [0.29, 0.717) is 27.1 Å². The number of hydrogen-bond acceptors (Lipinski definition) is 4. The Kier molecular flexibility index (Phi) is 5.64. The molecule has 6 heteroatoms. The van der Waals surface area contributed by atoms with Gasteiger partial charge < -0.3 is 9.47 Å². The molecule has 0 aliphatic carbocycles. The van der Waals surface area contributed by atoms with Gasteiger partial charge in [0.2, 0.25) is 0 Å². The molecule has 0 amide bonds. The number of esters is 1. The number of ether oxygens (including phenoxy) is 2. The third kappa shape index (κ3) is 4.71. The summed E-state index contributed by atoms with van der Waals surface area (Å²) in [7, 11) is 0. The van der Waals surface area contributed by atoms with Crippen molar-refractivity contribution >= 4 is 35.0 Å².